The lowest BCUT2D eigenvalue weighted by Gasteiger charge is -2.20. The molecule has 0 saturated heterocycles. The van der Waals surface area contributed by atoms with Crippen molar-refractivity contribution in [2.75, 3.05) is 18.4 Å². The second-order valence-electron chi connectivity index (χ2n) is 5.81. The number of sulfonamides is 1. The van der Waals surface area contributed by atoms with E-state index in [2.05, 4.69) is 5.32 Å². The van der Waals surface area contributed by atoms with Gasteiger partial charge in [0.25, 0.3) is 5.91 Å². The molecule has 0 aliphatic carbocycles. The summed E-state index contributed by atoms with van der Waals surface area (Å²) in [5, 5.41) is 12.0. The average Bonchev–Trinajstić information content (AvgIpc) is 2.56. The van der Waals surface area contributed by atoms with Crippen molar-refractivity contribution < 1.29 is 27.1 Å². The number of anilines is 1. The number of aromatic hydroxyl groups is 1. The smallest absolute Gasteiger partial charge is 0.262 e. The van der Waals surface area contributed by atoms with Gasteiger partial charge in [0.05, 0.1) is 4.90 Å². The Balaban J connectivity index is 2.41. The first-order chi connectivity index (χ1) is 12.6. The highest BCUT2D eigenvalue weighted by Gasteiger charge is 2.25. The van der Waals surface area contributed by atoms with Gasteiger partial charge in [0.1, 0.15) is 22.9 Å². The van der Waals surface area contributed by atoms with Gasteiger partial charge in [-0.15, -0.1) is 0 Å². The summed E-state index contributed by atoms with van der Waals surface area (Å²) in [5.41, 5.74) is -0.153. The van der Waals surface area contributed by atoms with Gasteiger partial charge in [-0.2, -0.15) is 4.31 Å². The zero-order chi connectivity index (χ0) is 20.4. The van der Waals surface area contributed by atoms with E-state index in [1.54, 1.807) is 20.8 Å². The van der Waals surface area contributed by atoms with E-state index in [1.165, 1.54) is 22.5 Å². The molecule has 0 fully saturated rings. The van der Waals surface area contributed by atoms with Crippen molar-refractivity contribution in [1.29, 1.82) is 0 Å². The number of nitrogens with zero attached hydrogens (tertiary/aromatic N) is 1. The number of hydrogen-bond donors (Lipinski definition) is 2. The van der Waals surface area contributed by atoms with E-state index in [1.807, 2.05) is 0 Å². The van der Waals surface area contributed by atoms with E-state index in [0.717, 1.165) is 0 Å². The molecule has 0 aliphatic heterocycles. The molecule has 0 radical (unpaired) electrons. The van der Waals surface area contributed by atoms with Gasteiger partial charge < -0.3 is 10.4 Å². The second kappa shape index (κ2) is 8.01. The summed E-state index contributed by atoms with van der Waals surface area (Å²) in [5.74, 6) is -4.13. The summed E-state index contributed by atoms with van der Waals surface area (Å²) in [6, 6.07) is 5.31. The minimum atomic E-state index is -3.77. The van der Waals surface area contributed by atoms with Gasteiger partial charge in [0.15, 0.2) is 0 Å². The number of rotatable bonds is 6. The third kappa shape index (κ3) is 4.25. The minimum absolute atomic E-state index is 0.00722. The lowest BCUT2D eigenvalue weighted by atomic mass is 10.1. The standard InChI is InChI=1S/C18H20F2N2O4S/c1-4-22(5-2)27(25,26)16-10-13(7-6-11(16)3)21-18(24)17-14(20)8-12(19)9-15(17)23/h6-10,23H,4-5H2,1-3H3,(H,21,24). The lowest BCUT2D eigenvalue weighted by molar-refractivity contribution is 0.102. The van der Waals surface area contributed by atoms with Crippen LogP contribution in [-0.4, -0.2) is 36.8 Å². The highest BCUT2D eigenvalue weighted by atomic mass is 32.2. The summed E-state index contributed by atoms with van der Waals surface area (Å²) < 4.78 is 53.6. The Bertz CT molecular complexity index is 950. The van der Waals surface area contributed by atoms with Crippen molar-refractivity contribution in [1.82, 2.24) is 4.31 Å². The number of aryl methyl sites for hydroxylation is 1. The predicted octanol–water partition coefficient (Wildman–Crippen LogP) is 3.26. The van der Waals surface area contributed by atoms with Crippen molar-refractivity contribution in [2.45, 2.75) is 25.7 Å². The molecule has 0 heterocycles. The Hall–Kier alpha value is -2.52. The van der Waals surface area contributed by atoms with Crippen molar-refractivity contribution >= 4 is 21.6 Å². The fourth-order valence-corrected chi connectivity index (χ4v) is 4.35. The molecule has 0 aliphatic rings. The number of phenols is 1. The van der Waals surface area contributed by atoms with Crippen LogP contribution in [0.2, 0.25) is 0 Å². The van der Waals surface area contributed by atoms with Crippen molar-refractivity contribution in [3.8, 4) is 5.75 Å². The molecule has 9 heteroatoms. The van der Waals surface area contributed by atoms with E-state index < -0.39 is 38.9 Å². The zero-order valence-electron chi connectivity index (χ0n) is 15.1. The highest BCUT2D eigenvalue weighted by Crippen LogP contribution is 2.26. The van der Waals surface area contributed by atoms with Crippen molar-refractivity contribution in [3.63, 3.8) is 0 Å². The third-order valence-corrected chi connectivity index (χ3v) is 6.22. The topological polar surface area (TPSA) is 86.7 Å². The SMILES string of the molecule is CCN(CC)S(=O)(=O)c1cc(NC(=O)c2c(O)cc(F)cc2F)ccc1C. The van der Waals surface area contributed by atoms with Crippen LogP contribution in [0.1, 0.15) is 29.8 Å². The van der Waals surface area contributed by atoms with E-state index in [9.17, 15) is 27.1 Å². The molecular formula is C18H20F2N2O4S. The number of carbonyl (C=O) groups excluding carboxylic acids is 1. The van der Waals surface area contributed by atoms with E-state index in [-0.39, 0.29) is 23.7 Å². The first-order valence-electron chi connectivity index (χ1n) is 8.22. The van der Waals surface area contributed by atoms with Crippen LogP contribution in [0, 0.1) is 18.6 Å². The average molecular weight is 398 g/mol. The van der Waals surface area contributed by atoms with Crippen LogP contribution in [-0.2, 0) is 10.0 Å². The number of hydrogen-bond acceptors (Lipinski definition) is 4. The van der Waals surface area contributed by atoms with Crippen LogP contribution in [0.4, 0.5) is 14.5 Å². The first-order valence-corrected chi connectivity index (χ1v) is 9.66. The molecule has 0 atom stereocenters. The molecule has 2 N–H and O–H groups in total. The normalized spacial score (nSPS) is 11.6. The number of carbonyl (C=O) groups is 1. The summed E-state index contributed by atoms with van der Waals surface area (Å²) in [4.78, 5) is 12.3. The Morgan fingerprint density at radius 3 is 2.33 bits per heavy atom. The number of halogens is 2. The van der Waals surface area contributed by atoms with Gasteiger partial charge in [-0.1, -0.05) is 19.9 Å². The molecule has 0 bridgehead atoms. The van der Waals surface area contributed by atoms with Gasteiger partial charge in [-0.25, -0.2) is 17.2 Å². The number of benzene rings is 2. The predicted molar refractivity (Wildman–Crippen MR) is 97.3 cm³/mol. The fourth-order valence-electron chi connectivity index (χ4n) is 2.64. The van der Waals surface area contributed by atoms with Gasteiger partial charge in [-0.3, -0.25) is 4.79 Å². The van der Waals surface area contributed by atoms with Crippen molar-refractivity contribution in [3.05, 3.63) is 53.1 Å². The van der Waals surface area contributed by atoms with Crippen LogP contribution < -0.4 is 5.32 Å². The molecule has 2 aromatic rings. The van der Waals surface area contributed by atoms with Gasteiger partial charge in [-0.05, 0) is 24.6 Å². The molecule has 146 valence electrons. The molecule has 0 aromatic heterocycles. The molecule has 1 amide bonds. The largest absolute Gasteiger partial charge is 0.507 e. The van der Waals surface area contributed by atoms with E-state index in [4.69, 9.17) is 0 Å². The summed E-state index contributed by atoms with van der Waals surface area (Å²) in [6.45, 7) is 5.60. The highest BCUT2D eigenvalue weighted by molar-refractivity contribution is 7.89. The summed E-state index contributed by atoms with van der Waals surface area (Å²) >= 11 is 0. The molecule has 0 spiro atoms. The molecule has 2 aromatic carbocycles. The molecule has 2 rings (SSSR count). The number of phenolic OH excluding ortho intramolecular Hbond substituents is 1. The van der Waals surface area contributed by atoms with E-state index in [0.29, 0.717) is 17.7 Å². The number of nitrogens with one attached hydrogen (secondary N) is 1. The maximum absolute atomic E-state index is 13.8. The number of amides is 1. The fraction of sp³-hybridized carbons (Fsp3) is 0.278. The Morgan fingerprint density at radius 1 is 1.15 bits per heavy atom. The van der Waals surface area contributed by atoms with Gasteiger partial charge in [0.2, 0.25) is 10.0 Å². The Kier molecular flexibility index (Phi) is 6.17. The molecule has 6 nitrogen and oxygen atoms in total. The zero-order valence-corrected chi connectivity index (χ0v) is 15.9. The Morgan fingerprint density at radius 2 is 1.78 bits per heavy atom. The quantitative estimate of drug-likeness (QED) is 0.782. The van der Waals surface area contributed by atoms with Crippen LogP contribution in [0.25, 0.3) is 0 Å². The third-order valence-electron chi connectivity index (χ3n) is 4.03. The van der Waals surface area contributed by atoms with Crippen LogP contribution in [0.15, 0.2) is 35.2 Å². The minimum Gasteiger partial charge on any atom is -0.507 e. The molecule has 0 saturated carbocycles. The second-order valence-corrected chi connectivity index (χ2v) is 7.71. The molecular weight excluding hydrogens is 378 g/mol. The van der Waals surface area contributed by atoms with Gasteiger partial charge in [0, 0.05) is 30.9 Å². The molecule has 0 unspecified atom stereocenters. The lowest BCUT2D eigenvalue weighted by Crippen LogP contribution is -2.31. The van der Waals surface area contributed by atoms with Crippen molar-refractivity contribution in [2.24, 2.45) is 0 Å². The monoisotopic (exact) mass is 398 g/mol. The first kappa shape index (κ1) is 20.8. The summed E-state index contributed by atoms with van der Waals surface area (Å²) in [7, 11) is -3.77. The maximum atomic E-state index is 13.8. The van der Waals surface area contributed by atoms with Gasteiger partial charge >= 0.3 is 0 Å². The van der Waals surface area contributed by atoms with E-state index >= 15 is 0 Å². The van der Waals surface area contributed by atoms with Crippen LogP contribution >= 0.6 is 0 Å². The molecule has 27 heavy (non-hydrogen) atoms. The van der Waals surface area contributed by atoms with Crippen LogP contribution in [0.5, 0.6) is 5.75 Å². The Labute approximate surface area is 156 Å². The van der Waals surface area contributed by atoms with Crippen LogP contribution in [0.3, 0.4) is 0 Å². The summed E-state index contributed by atoms with van der Waals surface area (Å²) in [6.07, 6.45) is 0. The maximum Gasteiger partial charge on any atom is 0.262 e.